The van der Waals surface area contributed by atoms with Crippen LogP contribution < -0.4 is 4.74 Å². The van der Waals surface area contributed by atoms with Gasteiger partial charge in [0.05, 0.1) is 41.5 Å². The van der Waals surface area contributed by atoms with Crippen molar-refractivity contribution >= 4 is 33.7 Å². The first kappa shape index (κ1) is 20.0. The van der Waals surface area contributed by atoms with Gasteiger partial charge in [0.2, 0.25) is 0 Å². The number of rotatable bonds is 4. The minimum Gasteiger partial charge on any atom is -0.493 e. The van der Waals surface area contributed by atoms with E-state index in [9.17, 15) is 0 Å². The Morgan fingerprint density at radius 1 is 1.16 bits per heavy atom. The largest absolute Gasteiger partial charge is 0.493 e. The molecule has 9 heteroatoms. The van der Waals surface area contributed by atoms with Gasteiger partial charge in [-0.3, -0.25) is 0 Å². The zero-order valence-corrected chi connectivity index (χ0v) is 18.9. The maximum Gasteiger partial charge on any atom is 0.163 e. The summed E-state index contributed by atoms with van der Waals surface area (Å²) in [6.07, 6.45) is 6.01. The van der Waals surface area contributed by atoms with Crippen molar-refractivity contribution in [3.63, 3.8) is 0 Å². The number of hydrogen-bond acceptors (Lipinski definition) is 6. The van der Waals surface area contributed by atoms with Gasteiger partial charge in [-0.2, -0.15) is 0 Å². The summed E-state index contributed by atoms with van der Waals surface area (Å²) in [5.74, 6) is 0.329. The van der Waals surface area contributed by atoms with Gasteiger partial charge >= 0.3 is 0 Å². The molecular formula is C23H24ClN5O3. The maximum atomic E-state index is 6.34. The number of aryl methyl sites for hydroxylation is 1. The number of aromatic nitrogens is 5. The summed E-state index contributed by atoms with van der Waals surface area (Å²) < 4.78 is 23.0. The van der Waals surface area contributed by atoms with E-state index >= 15 is 0 Å². The number of imidazole rings is 1. The van der Waals surface area contributed by atoms with Gasteiger partial charge in [0.25, 0.3) is 0 Å². The molecule has 0 spiro atoms. The number of ether oxygens (including phenoxy) is 3. The molecule has 0 unspecified atom stereocenters. The number of halogens is 1. The minimum absolute atomic E-state index is 0.0664. The second-order valence-corrected chi connectivity index (χ2v) is 9.43. The summed E-state index contributed by atoms with van der Waals surface area (Å²) in [5.41, 5.74) is 2.81. The van der Waals surface area contributed by atoms with E-state index in [1.165, 1.54) is 6.33 Å². The van der Waals surface area contributed by atoms with Crippen LogP contribution in [0.5, 0.6) is 5.75 Å². The highest BCUT2D eigenvalue weighted by Crippen LogP contribution is 2.48. The molecule has 0 N–H and O–H groups in total. The first-order chi connectivity index (χ1) is 15.4. The van der Waals surface area contributed by atoms with Crippen molar-refractivity contribution in [1.82, 2.24) is 24.1 Å². The van der Waals surface area contributed by atoms with Gasteiger partial charge in [-0.1, -0.05) is 11.6 Å². The van der Waals surface area contributed by atoms with Crippen molar-refractivity contribution in [2.45, 2.75) is 44.3 Å². The molecule has 8 nitrogen and oxygen atoms in total. The van der Waals surface area contributed by atoms with Crippen molar-refractivity contribution in [2.75, 3.05) is 6.61 Å². The van der Waals surface area contributed by atoms with Crippen molar-refractivity contribution in [3.05, 3.63) is 48.3 Å². The fourth-order valence-electron chi connectivity index (χ4n) is 5.11. The summed E-state index contributed by atoms with van der Waals surface area (Å²) in [6, 6.07) is 8.03. The number of nitrogens with zero attached hydrogens (tertiary/aromatic N) is 5. The molecule has 2 fully saturated rings. The lowest BCUT2D eigenvalue weighted by Crippen LogP contribution is -2.29. The molecule has 4 heterocycles. The Balaban J connectivity index is 1.27. The van der Waals surface area contributed by atoms with Crippen LogP contribution >= 0.6 is 11.6 Å². The van der Waals surface area contributed by atoms with E-state index in [1.807, 2.05) is 62.3 Å². The fourth-order valence-corrected chi connectivity index (χ4v) is 5.30. The topological polar surface area (TPSA) is 76.2 Å². The molecule has 0 bridgehead atoms. The third kappa shape index (κ3) is 3.17. The molecule has 1 aliphatic heterocycles. The molecule has 32 heavy (non-hydrogen) atoms. The van der Waals surface area contributed by atoms with E-state index < -0.39 is 5.79 Å². The van der Waals surface area contributed by atoms with Crippen LogP contribution in [0.4, 0.5) is 0 Å². The van der Waals surface area contributed by atoms with E-state index in [-0.39, 0.29) is 24.2 Å². The average molecular weight is 454 g/mol. The molecule has 1 saturated carbocycles. The van der Waals surface area contributed by atoms with Gasteiger partial charge in [0, 0.05) is 25.2 Å². The van der Waals surface area contributed by atoms with Crippen molar-refractivity contribution in [3.8, 4) is 5.75 Å². The Hall–Kier alpha value is -2.68. The molecule has 2 aliphatic rings. The SMILES string of the molecule is Cn1cnc2cc(OC[C@H]3C[C@@H](n4ccc5c(Cl)ncnc54)[C@@H]4OC(C)(C)O[C@H]34)ccc21. The Bertz CT molecular complexity index is 1320. The lowest BCUT2D eigenvalue weighted by atomic mass is 10.1. The lowest BCUT2D eigenvalue weighted by molar-refractivity contribution is -0.161. The van der Waals surface area contributed by atoms with Crippen LogP contribution in [0.3, 0.4) is 0 Å². The summed E-state index contributed by atoms with van der Waals surface area (Å²) in [6.45, 7) is 4.45. The number of hydrogen-bond donors (Lipinski definition) is 0. The molecular weight excluding hydrogens is 430 g/mol. The van der Waals surface area contributed by atoms with E-state index in [1.54, 1.807) is 0 Å². The van der Waals surface area contributed by atoms with Gasteiger partial charge in [0.1, 0.15) is 29.0 Å². The molecule has 6 rings (SSSR count). The molecule has 166 valence electrons. The highest BCUT2D eigenvalue weighted by Gasteiger charge is 2.55. The van der Waals surface area contributed by atoms with E-state index in [0.717, 1.165) is 34.2 Å². The monoisotopic (exact) mass is 453 g/mol. The van der Waals surface area contributed by atoms with Crippen molar-refractivity contribution in [2.24, 2.45) is 13.0 Å². The Morgan fingerprint density at radius 3 is 2.88 bits per heavy atom. The summed E-state index contributed by atoms with van der Waals surface area (Å²) >= 11 is 6.28. The molecule has 0 amide bonds. The standard InChI is InChI=1S/C23H24ClN5O3/c1-23(2)31-19-13(10-30-14-4-5-17-16(9-14)27-12-28(17)3)8-18(20(19)32-23)29-7-6-15-21(24)25-11-26-22(15)29/h4-7,9,11-13,18-20H,8,10H2,1-3H3/t13-,18-,19-,20+/m1/s1. The summed E-state index contributed by atoms with van der Waals surface area (Å²) in [5, 5.41) is 1.30. The Morgan fingerprint density at radius 2 is 2.00 bits per heavy atom. The van der Waals surface area contributed by atoms with Gasteiger partial charge in [-0.05, 0) is 38.5 Å². The summed E-state index contributed by atoms with van der Waals surface area (Å²) in [7, 11) is 1.98. The minimum atomic E-state index is -0.644. The number of fused-ring (bicyclic) bond motifs is 3. The molecule has 1 saturated heterocycles. The first-order valence-corrected chi connectivity index (χ1v) is 11.1. The highest BCUT2D eigenvalue weighted by atomic mass is 35.5. The predicted octanol–water partition coefficient (Wildman–Crippen LogP) is 4.13. The molecule has 3 aromatic heterocycles. The van der Waals surface area contributed by atoms with Crippen LogP contribution in [-0.4, -0.2) is 48.7 Å². The zero-order valence-electron chi connectivity index (χ0n) is 18.1. The smallest absolute Gasteiger partial charge is 0.163 e. The summed E-state index contributed by atoms with van der Waals surface area (Å²) in [4.78, 5) is 13.0. The van der Waals surface area contributed by atoms with Gasteiger partial charge in [0.15, 0.2) is 5.79 Å². The van der Waals surface area contributed by atoms with Crippen molar-refractivity contribution < 1.29 is 14.2 Å². The van der Waals surface area contributed by atoms with E-state index in [0.29, 0.717) is 11.8 Å². The van der Waals surface area contributed by atoms with Gasteiger partial charge < -0.3 is 23.3 Å². The highest BCUT2D eigenvalue weighted by molar-refractivity contribution is 6.33. The maximum absolute atomic E-state index is 6.34. The normalized spacial score (nSPS) is 26.8. The van der Waals surface area contributed by atoms with Crippen molar-refractivity contribution in [1.29, 1.82) is 0 Å². The van der Waals surface area contributed by atoms with Gasteiger partial charge in [-0.25, -0.2) is 15.0 Å². The molecule has 1 aromatic carbocycles. The first-order valence-electron chi connectivity index (χ1n) is 10.8. The van der Waals surface area contributed by atoms with Crippen LogP contribution in [-0.2, 0) is 16.5 Å². The zero-order chi connectivity index (χ0) is 22.0. The molecule has 1 aliphatic carbocycles. The quantitative estimate of drug-likeness (QED) is 0.432. The number of benzene rings is 1. The lowest BCUT2D eigenvalue weighted by Gasteiger charge is -2.24. The molecule has 0 radical (unpaired) electrons. The van der Waals surface area contributed by atoms with Crippen LogP contribution in [0.15, 0.2) is 43.1 Å². The Kier molecular flexibility index (Phi) is 4.47. The second-order valence-electron chi connectivity index (χ2n) is 9.07. The second kappa shape index (κ2) is 7.16. The third-order valence-electron chi connectivity index (χ3n) is 6.53. The Labute approximate surface area is 190 Å². The van der Waals surface area contributed by atoms with E-state index in [2.05, 4.69) is 19.5 Å². The molecule has 4 atom stereocenters. The van der Waals surface area contributed by atoms with Crippen LogP contribution in [0, 0.1) is 5.92 Å². The molecule has 4 aromatic rings. The average Bonchev–Trinajstić information content (AvgIpc) is 3.49. The fraction of sp³-hybridized carbons (Fsp3) is 0.435. The van der Waals surface area contributed by atoms with Crippen LogP contribution in [0.2, 0.25) is 5.15 Å². The van der Waals surface area contributed by atoms with Crippen LogP contribution in [0.1, 0.15) is 26.3 Å². The third-order valence-corrected chi connectivity index (χ3v) is 6.83. The van der Waals surface area contributed by atoms with Gasteiger partial charge in [-0.15, -0.1) is 0 Å². The van der Waals surface area contributed by atoms with Crippen LogP contribution in [0.25, 0.3) is 22.1 Å². The predicted molar refractivity (Wildman–Crippen MR) is 120 cm³/mol. The van der Waals surface area contributed by atoms with E-state index in [4.69, 9.17) is 25.8 Å².